The first-order valence-electron chi connectivity index (χ1n) is 7.99. The number of hydrazone groups is 1. The van der Waals surface area contributed by atoms with Crippen LogP contribution in [-0.2, 0) is 22.4 Å². The summed E-state index contributed by atoms with van der Waals surface area (Å²) in [6.07, 6.45) is -10.2. The van der Waals surface area contributed by atoms with Gasteiger partial charge >= 0.3 is 12.4 Å². The molecule has 0 spiro atoms. The highest BCUT2D eigenvalue weighted by molar-refractivity contribution is 8.09. The summed E-state index contributed by atoms with van der Waals surface area (Å²) < 4.78 is 103. The number of nitrogens with zero attached hydrogens (tertiary/aromatic N) is 2. The quantitative estimate of drug-likeness (QED) is 0.551. The van der Waals surface area contributed by atoms with Gasteiger partial charge in [0, 0.05) is 12.6 Å². The lowest BCUT2D eigenvalue weighted by molar-refractivity contribution is -0.143. The zero-order valence-corrected chi connectivity index (χ0v) is 15.7. The molecule has 0 amide bonds. The summed E-state index contributed by atoms with van der Waals surface area (Å²) >= 11 is 0. The van der Waals surface area contributed by atoms with Gasteiger partial charge in [0.25, 0.3) is 10.0 Å². The molecule has 160 valence electrons. The minimum absolute atomic E-state index is 0.0459. The molecule has 13 heteroatoms. The molecule has 0 saturated heterocycles. The van der Waals surface area contributed by atoms with Crippen molar-refractivity contribution in [1.29, 1.82) is 0 Å². The molecule has 30 heavy (non-hydrogen) atoms. The van der Waals surface area contributed by atoms with Crippen LogP contribution in [0.5, 0.6) is 0 Å². The molecule has 1 aliphatic rings. The SMILES string of the molecule is CN1c2ccccc2C(=O)/C(=N\Nc2cc(C(F)(F)F)cc(C(F)(F)F)c2)S1(=O)=O. The second kappa shape index (κ2) is 7.00. The van der Waals surface area contributed by atoms with Crippen LogP contribution in [-0.4, -0.2) is 26.3 Å². The molecule has 2 aromatic rings. The van der Waals surface area contributed by atoms with E-state index >= 15 is 0 Å². The molecular formula is C17H11F6N3O3S. The van der Waals surface area contributed by atoms with E-state index in [0.29, 0.717) is 12.1 Å². The van der Waals surface area contributed by atoms with E-state index in [0.717, 1.165) is 11.4 Å². The number of alkyl halides is 6. The number of nitrogens with one attached hydrogen (secondary N) is 1. The van der Waals surface area contributed by atoms with Crippen molar-refractivity contribution < 1.29 is 39.6 Å². The Morgan fingerprint density at radius 2 is 1.47 bits per heavy atom. The van der Waals surface area contributed by atoms with Crippen LogP contribution in [0.1, 0.15) is 21.5 Å². The second-order valence-electron chi connectivity index (χ2n) is 6.14. The van der Waals surface area contributed by atoms with Gasteiger partial charge in [0.2, 0.25) is 10.8 Å². The number of hydrogen-bond acceptors (Lipinski definition) is 5. The van der Waals surface area contributed by atoms with E-state index in [1.54, 1.807) is 0 Å². The lowest BCUT2D eigenvalue weighted by atomic mass is 10.1. The fraction of sp³-hybridized carbons (Fsp3) is 0.176. The molecule has 3 rings (SSSR count). The molecule has 0 aliphatic carbocycles. The van der Waals surface area contributed by atoms with Crippen molar-refractivity contribution in [3.05, 3.63) is 59.2 Å². The highest BCUT2D eigenvalue weighted by Gasteiger charge is 2.40. The van der Waals surface area contributed by atoms with Gasteiger partial charge in [-0.05, 0) is 30.3 Å². The van der Waals surface area contributed by atoms with E-state index in [4.69, 9.17) is 0 Å². The zero-order valence-electron chi connectivity index (χ0n) is 14.8. The predicted molar refractivity (Wildman–Crippen MR) is 95.6 cm³/mol. The Morgan fingerprint density at radius 1 is 0.933 bits per heavy atom. The summed E-state index contributed by atoms with van der Waals surface area (Å²) in [5.41, 5.74) is -2.20. The van der Waals surface area contributed by atoms with Gasteiger partial charge in [-0.25, -0.2) is 0 Å². The Hall–Kier alpha value is -3.09. The number of fused-ring (bicyclic) bond motifs is 1. The monoisotopic (exact) mass is 451 g/mol. The number of ketones is 1. The number of anilines is 2. The maximum absolute atomic E-state index is 12.9. The van der Waals surface area contributed by atoms with Crippen LogP contribution in [0.2, 0.25) is 0 Å². The van der Waals surface area contributed by atoms with Crippen molar-refractivity contribution in [3.63, 3.8) is 0 Å². The number of hydrogen-bond donors (Lipinski definition) is 1. The molecule has 1 heterocycles. The number of halogens is 6. The highest BCUT2D eigenvalue weighted by atomic mass is 32.2. The Labute approximate surface area is 165 Å². The topological polar surface area (TPSA) is 78.8 Å². The van der Waals surface area contributed by atoms with Gasteiger partial charge in [-0.2, -0.15) is 39.9 Å². The molecule has 2 aromatic carbocycles. The van der Waals surface area contributed by atoms with Crippen LogP contribution in [0.4, 0.5) is 37.7 Å². The number of benzene rings is 2. The fourth-order valence-corrected chi connectivity index (χ4v) is 3.86. The third-order valence-corrected chi connectivity index (χ3v) is 5.84. The first-order valence-corrected chi connectivity index (χ1v) is 9.43. The normalized spacial score (nSPS) is 17.8. The summed E-state index contributed by atoms with van der Waals surface area (Å²) in [5, 5.41) is 2.26. The minimum atomic E-state index is -5.10. The van der Waals surface area contributed by atoms with E-state index in [9.17, 15) is 39.6 Å². The van der Waals surface area contributed by atoms with Crippen LogP contribution < -0.4 is 9.73 Å². The van der Waals surface area contributed by atoms with Crippen molar-refractivity contribution in [2.75, 3.05) is 16.8 Å². The van der Waals surface area contributed by atoms with Gasteiger partial charge in [0.15, 0.2) is 0 Å². The van der Waals surface area contributed by atoms with Crippen LogP contribution >= 0.6 is 0 Å². The Morgan fingerprint density at radius 3 is 2.00 bits per heavy atom. The highest BCUT2D eigenvalue weighted by Crippen LogP contribution is 2.37. The molecule has 0 bridgehead atoms. The lowest BCUT2D eigenvalue weighted by Gasteiger charge is -2.26. The Bertz CT molecular complexity index is 1120. The molecule has 6 nitrogen and oxygen atoms in total. The first-order chi connectivity index (χ1) is 13.7. The number of rotatable bonds is 2. The van der Waals surface area contributed by atoms with E-state index in [1.165, 1.54) is 24.3 Å². The van der Waals surface area contributed by atoms with Gasteiger partial charge in [-0.1, -0.05) is 12.1 Å². The largest absolute Gasteiger partial charge is 0.416 e. The van der Waals surface area contributed by atoms with Crippen LogP contribution in [0.25, 0.3) is 0 Å². The third-order valence-electron chi connectivity index (χ3n) is 4.16. The van der Waals surface area contributed by atoms with E-state index in [-0.39, 0.29) is 17.3 Å². The molecule has 1 N–H and O–H groups in total. The zero-order chi connectivity index (χ0) is 22.5. The molecule has 1 aliphatic heterocycles. The van der Waals surface area contributed by atoms with Crippen molar-refractivity contribution in [3.8, 4) is 0 Å². The maximum Gasteiger partial charge on any atom is 0.416 e. The van der Waals surface area contributed by atoms with Crippen LogP contribution in [0.3, 0.4) is 0 Å². The van der Waals surface area contributed by atoms with E-state index in [1.807, 2.05) is 5.43 Å². The average Bonchev–Trinajstić information content (AvgIpc) is 2.64. The predicted octanol–water partition coefficient (Wildman–Crippen LogP) is 4.11. The molecular weight excluding hydrogens is 440 g/mol. The van der Waals surface area contributed by atoms with Gasteiger partial charge in [0.05, 0.1) is 22.5 Å². The van der Waals surface area contributed by atoms with Crippen LogP contribution in [0, 0.1) is 0 Å². The summed E-state index contributed by atoms with van der Waals surface area (Å²) in [4.78, 5) is 12.5. The van der Waals surface area contributed by atoms with Crippen molar-refractivity contribution in [2.45, 2.75) is 12.4 Å². The van der Waals surface area contributed by atoms with Crippen LogP contribution in [0.15, 0.2) is 47.6 Å². The van der Waals surface area contributed by atoms with Gasteiger partial charge in [0.1, 0.15) is 0 Å². The molecule has 0 radical (unpaired) electrons. The average molecular weight is 451 g/mol. The third kappa shape index (κ3) is 3.84. The van der Waals surface area contributed by atoms with Crippen molar-refractivity contribution in [2.24, 2.45) is 5.10 Å². The number of sulfonamides is 1. The number of carbonyl (C=O) groups excluding carboxylic acids is 1. The number of para-hydroxylation sites is 1. The molecule has 0 fully saturated rings. The molecule has 0 aromatic heterocycles. The second-order valence-corrected chi connectivity index (χ2v) is 8.03. The van der Waals surface area contributed by atoms with Crippen molar-refractivity contribution >= 4 is 32.2 Å². The summed E-state index contributed by atoms with van der Waals surface area (Å²) in [5.74, 6) is -1.06. The van der Waals surface area contributed by atoms with E-state index < -0.39 is 50.0 Å². The smallest absolute Gasteiger partial charge is 0.286 e. The maximum atomic E-state index is 12.9. The molecule has 0 unspecified atom stereocenters. The van der Waals surface area contributed by atoms with Gasteiger partial charge in [-0.3, -0.25) is 14.5 Å². The minimum Gasteiger partial charge on any atom is -0.286 e. The van der Waals surface area contributed by atoms with Crippen molar-refractivity contribution in [1.82, 2.24) is 0 Å². The van der Waals surface area contributed by atoms with Gasteiger partial charge < -0.3 is 0 Å². The number of carbonyl (C=O) groups is 1. The summed E-state index contributed by atoms with van der Waals surface area (Å²) in [6, 6.07) is 6.15. The molecule has 0 saturated carbocycles. The Balaban J connectivity index is 2.08. The standard InChI is InChI=1S/C17H11F6N3O3S/c1-26-13-5-3-2-4-12(13)14(27)15(30(26,28)29)25-24-11-7-9(16(18,19)20)6-10(8-11)17(21,22)23/h2-8,24H,1H3/b25-15+. The lowest BCUT2D eigenvalue weighted by Crippen LogP contribution is -2.43. The first kappa shape index (κ1) is 21.6. The Kier molecular flexibility index (Phi) is 5.05. The summed E-state index contributed by atoms with van der Waals surface area (Å²) in [7, 11) is -3.36. The van der Waals surface area contributed by atoms with E-state index in [2.05, 4.69) is 5.10 Å². The number of Topliss-reactive ketones (excluding diaryl/α,β-unsaturated/α-hetero) is 1. The summed E-state index contributed by atoms with van der Waals surface area (Å²) in [6.45, 7) is 0. The van der Waals surface area contributed by atoms with Gasteiger partial charge in [-0.15, -0.1) is 0 Å². The fourth-order valence-electron chi connectivity index (χ4n) is 2.68. The molecule has 0 atom stereocenters.